The summed E-state index contributed by atoms with van der Waals surface area (Å²) in [5.41, 5.74) is 1.56. The number of amides is 4. The van der Waals surface area contributed by atoms with Crippen LogP contribution in [-0.4, -0.2) is 47.4 Å². The molecule has 8 heteroatoms. The zero-order chi connectivity index (χ0) is 21.6. The predicted octanol–water partition coefficient (Wildman–Crippen LogP) is 2.68. The van der Waals surface area contributed by atoms with Gasteiger partial charge in [0.15, 0.2) is 6.61 Å². The Morgan fingerprint density at radius 2 is 1.79 bits per heavy atom. The zero-order valence-electron chi connectivity index (χ0n) is 17.5. The molecule has 0 radical (unpaired) electrons. The molecule has 2 rings (SSSR count). The molecule has 0 saturated carbocycles. The third kappa shape index (κ3) is 5.34. The lowest BCUT2D eigenvalue weighted by atomic mass is 9.88. The third-order valence-electron chi connectivity index (χ3n) is 4.92. The highest BCUT2D eigenvalue weighted by Gasteiger charge is 2.50. The standard InChI is InChI=1S/C21H29N3O5/c1-5-9-21(10-6-2)19(27)24(20(28)23-21)12-18(26)29-13-17(25)22-16-11-14(3)7-8-15(16)4/h7-8,11H,5-6,9-10,12-13H2,1-4H3,(H,22,25)(H,23,28). The third-order valence-corrected chi connectivity index (χ3v) is 4.92. The molecule has 0 aliphatic carbocycles. The number of rotatable bonds is 9. The number of anilines is 1. The molecule has 0 bridgehead atoms. The molecule has 1 aromatic carbocycles. The molecule has 1 aliphatic heterocycles. The highest BCUT2D eigenvalue weighted by atomic mass is 16.5. The number of aryl methyl sites for hydroxylation is 2. The van der Waals surface area contributed by atoms with Gasteiger partial charge in [0.1, 0.15) is 12.1 Å². The highest BCUT2D eigenvalue weighted by Crippen LogP contribution is 2.28. The van der Waals surface area contributed by atoms with Crippen LogP contribution in [0.4, 0.5) is 10.5 Å². The van der Waals surface area contributed by atoms with Gasteiger partial charge < -0.3 is 15.4 Å². The van der Waals surface area contributed by atoms with Crippen molar-refractivity contribution in [1.82, 2.24) is 10.2 Å². The van der Waals surface area contributed by atoms with Crippen LogP contribution in [-0.2, 0) is 19.1 Å². The Morgan fingerprint density at radius 1 is 1.14 bits per heavy atom. The number of urea groups is 1. The van der Waals surface area contributed by atoms with Crippen molar-refractivity contribution in [3.8, 4) is 0 Å². The average Bonchev–Trinajstić information content (AvgIpc) is 2.88. The summed E-state index contributed by atoms with van der Waals surface area (Å²) in [5, 5.41) is 5.42. The lowest BCUT2D eigenvalue weighted by molar-refractivity contribution is -0.150. The minimum Gasteiger partial charge on any atom is -0.454 e. The van der Waals surface area contributed by atoms with E-state index in [9.17, 15) is 19.2 Å². The average molecular weight is 403 g/mol. The van der Waals surface area contributed by atoms with Crippen LogP contribution in [0, 0.1) is 13.8 Å². The maximum atomic E-state index is 12.8. The molecule has 1 heterocycles. The fourth-order valence-electron chi connectivity index (χ4n) is 3.51. The van der Waals surface area contributed by atoms with Crippen LogP contribution in [0.3, 0.4) is 0 Å². The molecule has 1 aromatic rings. The smallest absolute Gasteiger partial charge is 0.326 e. The van der Waals surface area contributed by atoms with Crippen LogP contribution in [0.25, 0.3) is 0 Å². The van der Waals surface area contributed by atoms with E-state index in [4.69, 9.17) is 4.74 Å². The molecule has 0 atom stereocenters. The van der Waals surface area contributed by atoms with Crippen molar-refractivity contribution in [3.63, 3.8) is 0 Å². The first-order chi connectivity index (χ1) is 13.7. The summed E-state index contributed by atoms with van der Waals surface area (Å²) in [6, 6.07) is 5.03. The van der Waals surface area contributed by atoms with Crippen LogP contribution < -0.4 is 10.6 Å². The van der Waals surface area contributed by atoms with Gasteiger partial charge in [-0.2, -0.15) is 0 Å². The Hall–Kier alpha value is -2.90. The maximum absolute atomic E-state index is 12.8. The van der Waals surface area contributed by atoms with Gasteiger partial charge in [-0.05, 0) is 43.9 Å². The molecule has 2 N–H and O–H groups in total. The van der Waals surface area contributed by atoms with Crippen LogP contribution >= 0.6 is 0 Å². The number of nitrogens with zero attached hydrogens (tertiary/aromatic N) is 1. The SMILES string of the molecule is CCCC1(CCC)NC(=O)N(CC(=O)OCC(=O)Nc2cc(C)ccc2C)C1=O. The second-order valence-corrected chi connectivity index (χ2v) is 7.43. The predicted molar refractivity (Wildman–Crippen MR) is 108 cm³/mol. The molecule has 1 saturated heterocycles. The molecule has 1 fully saturated rings. The van der Waals surface area contributed by atoms with Crippen molar-refractivity contribution in [1.29, 1.82) is 0 Å². The van der Waals surface area contributed by atoms with Crippen molar-refractivity contribution >= 4 is 29.5 Å². The molecule has 0 spiro atoms. The van der Waals surface area contributed by atoms with Gasteiger partial charge >= 0.3 is 12.0 Å². The number of nitrogens with one attached hydrogen (secondary N) is 2. The van der Waals surface area contributed by atoms with Crippen LogP contribution in [0.2, 0.25) is 0 Å². The molecule has 29 heavy (non-hydrogen) atoms. The second-order valence-electron chi connectivity index (χ2n) is 7.43. The molecule has 8 nitrogen and oxygen atoms in total. The van der Waals surface area contributed by atoms with Gasteiger partial charge in [-0.15, -0.1) is 0 Å². The Labute approximate surface area is 171 Å². The van der Waals surface area contributed by atoms with E-state index < -0.39 is 42.5 Å². The largest absolute Gasteiger partial charge is 0.454 e. The fraction of sp³-hybridized carbons (Fsp3) is 0.524. The normalized spacial score (nSPS) is 15.2. The summed E-state index contributed by atoms with van der Waals surface area (Å²) >= 11 is 0. The number of imide groups is 1. The summed E-state index contributed by atoms with van der Waals surface area (Å²) in [7, 11) is 0. The first-order valence-corrected chi connectivity index (χ1v) is 9.89. The molecule has 4 amide bonds. The van der Waals surface area contributed by atoms with E-state index in [2.05, 4.69) is 10.6 Å². The number of ether oxygens (including phenoxy) is 1. The van der Waals surface area contributed by atoms with Crippen LogP contribution in [0.15, 0.2) is 18.2 Å². The summed E-state index contributed by atoms with van der Waals surface area (Å²) in [6.07, 6.45) is 2.47. The van der Waals surface area contributed by atoms with Gasteiger partial charge in [-0.3, -0.25) is 19.3 Å². The van der Waals surface area contributed by atoms with Gasteiger partial charge in [0.25, 0.3) is 11.8 Å². The maximum Gasteiger partial charge on any atom is 0.326 e. The molecule has 0 aromatic heterocycles. The summed E-state index contributed by atoms with van der Waals surface area (Å²) in [6.45, 7) is 6.62. The van der Waals surface area contributed by atoms with Crippen molar-refractivity contribution in [3.05, 3.63) is 29.3 Å². The number of benzene rings is 1. The van der Waals surface area contributed by atoms with E-state index in [1.165, 1.54) is 0 Å². The molecular formula is C21H29N3O5. The van der Waals surface area contributed by atoms with E-state index in [0.29, 0.717) is 18.5 Å². The summed E-state index contributed by atoms with van der Waals surface area (Å²) < 4.78 is 4.97. The first kappa shape index (κ1) is 22.4. The summed E-state index contributed by atoms with van der Waals surface area (Å²) in [4.78, 5) is 50.1. The van der Waals surface area contributed by atoms with Gasteiger partial charge in [0.2, 0.25) is 0 Å². The first-order valence-electron chi connectivity index (χ1n) is 9.89. The van der Waals surface area contributed by atoms with E-state index in [0.717, 1.165) is 28.9 Å². The van der Waals surface area contributed by atoms with E-state index in [-0.39, 0.29) is 0 Å². The lowest BCUT2D eigenvalue weighted by Gasteiger charge is -2.25. The minimum atomic E-state index is -0.957. The van der Waals surface area contributed by atoms with E-state index >= 15 is 0 Å². The summed E-state index contributed by atoms with van der Waals surface area (Å²) in [5.74, 6) is -1.72. The van der Waals surface area contributed by atoms with Crippen molar-refractivity contribution in [2.45, 2.75) is 58.9 Å². The van der Waals surface area contributed by atoms with Gasteiger partial charge in [-0.1, -0.05) is 38.8 Å². The minimum absolute atomic E-state index is 0.414. The van der Waals surface area contributed by atoms with Gasteiger partial charge in [-0.25, -0.2) is 4.79 Å². The number of carbonyl (C=O) groups is 4. The quantitative estimate of drug-likeness (QED) is 0.487. The monoisotopic (exact) mass is 403 g/mol. The number of carbonyl (C=O) groups excluding carboxylic acids is 4. The van der Waals surface area contributed by atoms with Crippen molar-refractivity contribution in [2.24, 2.45) is 0 Å². The van der Waals surface area contributed by atoms with Crippen molar-refractivity contribution < 1.29 is 23.9 Å². The number of esters is 1. The van der Waals surface area contributed by atoms with Gasteiger partial charge in [0.05, 0.1) is 0 Å². The lowest BCUT2D eigenvalue weighted by Crippen LogP contribution is -2.47. The fourth-order valence-corrected chi connectivity index (χ4v) is 3.51. The second kappa shape index (κ2) is 9.54. The highest BCUT2D eigenvalue weighted by molar-refractivity contribution is 6.08. The van der Waals surface area contributed by atoms with E-state index in [1.807, 2.05) is 45.9 Å². The Balaban J connectivity index is 1.91. The van der Waals surface area contributed by atoms with Crippen molar-refractivity contribution in [2.75, 3.05) is 18.5 Å². The Kier molecular flexibility index (Phi) is 7.36. The van der Waals surface area contributed by atoms with Gasteiger partial charge in [0, 0.05) is 5.69 Å². The number of hydrogen-bond donors (Lipinski definition) is 2. The van der Waals surface area contributed by atoms with Crippen LogP contribution in [0.1, 0.15) is 50.7 Å². The topological polar surface area (TPSA) is 105 Å². The molecule has 0 unspecified atom stereocenters. The van der Waals surface area contributed by atoms with Crippen LogP contribution in [0.5, 0.6) is 0 Å². The Morgan fingerprint density at radius 3 is 2.41 bits per heavy atom. The zero-order valence-corrected chi connectivity index (χ0v) is 17.5. The molecule has 158 valence electrons. The molecular weight excluding hydrogens is 374 g/mol. The molecule has 1 aliphatic rings. The number of hydrogen-bond acceptors (Lipinski definition) is 5. The van der Waals surface area contributed by atoms with E-state index in [1.54, 1.807) is 0 Å². The Bertz CT molecular complexity index is 800.